The number of hydrogen-bond donors (Lipinski definition) is 3. The van der Waals surface area contributed by atoms with Gasteiger partial charge < -0.3 is 20.7 Å². The molecule has 5 heteroatoms. The summed E-state index contributed by atoms with van der Waals surface area (Å²) in [6.45, 7) is 1.02. The number of H-pyrrole nitrogens is 1. The summed E-state index contributed by atoms with van der Waals surface area (Å²) in [4.78, 5) is 16.2. The molecule has 76 valence electrons. The van der Waals surface area contributed by atoms with Gasteiger partial charge in [0.05, 0.1) is 6.10 Å². The third-order valence-electron chi connectivity index (χ3n) is 2.39. The zero-order valence-electron chi connectivity index (χ0n) is 7.73. The lowest BCUT2D eigenvalue weighted by atomic mass is 10.3. The maximum Gasteiger partial charge on any atom is 0.270 e. The van der Waals surface area contributed by atoms with Crippen LogP contribution in [0.2, 0.25) is 0 Å². The fourth-order valence-corrected chi connectivity index (χ4v) is 1.63. The first-order chi connectivity index (χ1) is 6.66. The summed E-state index contributed by atoms with van der Waals surface area (Å²) in [5, 5.41) is 9.27. The van der Waals surface area contributed by atoms with Gasteiger partial charge in [0, 0.05) is 25.0 Å². The molecule has 1 unspecified atom stereocenters. The van der Waals surface area contributed by atoms with Gasteiger partial charge in [-0.25, -0.2) is 0 Å². The number of nitrogens with zero attached hydrogens (tertiary/aromatic N) is 1. The van der Waals surface area contributed by atoms with E-state index in [4.69, 9.17) is 5.73 Å². The van der Waals surface area contributed by atoms with E-state index in [2.05, 4.69) is 4.98 Å². The van der Waals surface area contributed by atoms with Gasteiger partial charge in [-0.05, 0) is 12.5 Å². The van der Waals surface area contributed by atoms with Gasteiger partial charge in [-0.15, -0.1) is 0 Å². The number of nitrogen functional groups attached to an aromatic ring is 1. The molecule has 1 aromatic rings. The van der Waals surface area contributed by atoms with Crippen LogP contribution in [0.1, 0.15) is 16.9 Å². The summed E-state index contributed by atoms with van der Waals surface area (Å²) >= 11 is 0. The van der Waals surface area contributed by atoms with Crippen molar-refractivity contribution in [2.45, 2.75) is 12.5 Å². The Balaban J connectivity index is 2.09. The number of rotatable bonds is 1. The van der Waals surface area contributed by atoms with Crippen molar-refractivity contribution in [3.63, 3.8) is 0 Å². The molecule has 5 nitrogen and oxygen atoms in total. The maximum absolute atomic E-state index is 11.7. The second kappa shape index (κ2) is 3.34. The van der Waals surface area contributed by atoms with Crippen LogP contribution in [0.3, 0.4) is 0 Å². The zero-order chi connectivity index (χ0) is 10.1. The molecule has 1 aliphatic rings. The molecular formula is C9H13N3O2. The van der Waals surface area contributed by atoms with Crippen LogP contribution >= 0.6 is 0 Å². The number of nitrogens with two attached hydrogens (primary N) is 1. The van der Waals surface area contributed by atoms with Crippen molar-refractivity contribution in [2.75, 3.05) is 18.8 Å². The van der Waals surface area contributed by atoms with Gasteiger partial charge in [-0.2, -0.15) is 0 Å². The standard InChI is InChI=1S/C9H13N3O2/c10-6-3-8(11-4-6)9(14)12-2-1-7(13)5-12/h3-4,7,11,13H,1-2,5,10H2. The number of aromatic nitrogens is 1. The van der Waals surface area contributed by atoms with Crippen LogP contribution in [0.5, 0.6) is 0 Å². The predicted molar refractivity (Wildman–Crippen MR) is 51.7 cm³/mol. The number of carbonyl (C=O) groups is 1. The van der Waals surface area contributed by atoms with Crippen molar-refractivity contribution in [1.82, 2.24) is 9.88 Å². The van der Waals surface area contributed by atoms with Crippen LogP contribution in [-0.2, 0) is 0 Å². The summed E-state index contributed by atoms with van der Waals surface area (Å²) in [6.07, 6.45) is 1.85. The van der Waals surface area contributed by atoms with Crippen molar-refractivity contribution >= 4 is 11.6 Å². The third kappa shape index (κ3) is 1.58. The largest absolute Gasteiger partial charge is 0.397 e. The third-order valence-corrected chi connectivity index (χ3v) is 2.39. The minimum absolute atomic E-state index is 0.0988. The molecule has 1 aromatic heterocycles. The van der Waals surface area contributed by atoms with E-state index in [-0.39, 0.29) is 12.0 Å². The van der Waals surface area contributed by atoms with Crippen LogP contribution in [0.15, 0.2) is 12.3 Å². The number of anilines is 1. The number of carbonyl (C=O) groups excluding carboxylic acids is 1. The molecule has 0 spiro atoms. The Labute approximate surface area is 81.5 Å². The molecular weight excluding hydrogens is 182 g/mol. The topological polar surface area (TPSA) is 82.4 Å². The van der Waals surface area contributed by atoms with Crippen LogP contribution in [0.4, 0.5) is 5.69 Å². The highest BCUT2D eigenvalue weighted by Crippen LogP contribution is 2.14. The van der Waals surface area contributed by atoms with Crippen LogP contribution in [-0.4, -0.2) is 40.1 Å². The van der Waals surface area contributed by atoms with Crippen LogP contribution in [0.25, 0.3) is 0 Å². The van der Waals surface area contributed by atoms with Crippen molar-refractivity contribution in [1.29, 1.82) is 0 Å². The van der Waals surface area contributed by atoms with Crippen molar-refractivity contribution < 1.29 is 9.90 Å². The average molecular weight is 195 g/mol. The summed E-state index contributed by atoms with van der Waals surface area (Å²) in [5.74, 6) is -0.0988. The molecule has 14 heavy (non-hydrogen) atoms. The first-order valence-electron chi connectivity index (χ1n) is 4.58. The van der Waals surface area contributed by atoms with Crippen LogP contribution in [0, 0.1) is 0 Å². The summed E-state index contributed by atoms with van der Waals surface area (Å²) in [6, 6.07) is 1.60. The van der Waals surface area contributed by atoms with Gasteiger partial charge in [-0.1, -0.05) is 0 Å². The monoisotopic (exact) mass is 195 g/mol. The molecule has 2 heterocycles. The molecule has 2 rings (SSSR count). The van der Waals surface area contributed by atoms with Crippen LogP contribution < -0.4 is 5.73 Å². The fourth-order valence-electron chi connectivity index (χ4n) is 1.63. The molecule has 1 aliphatic heterocycles. The summed E-state index contributed by atoms with van der Waals surface area (Å²) in [7, 11) is 0. The Kier molecular flexibility index (Phi) is 2.17. The van der Waals surface area contributed by atoms with E-state index in [0.29, 0.717) is 30.9 Å². The second-order valence-electron chi connectivity index (χ2n) is 3.54. The number of aliphatic hydroxyl groups excluding tert-OH is 1. The van der Waals surface area contributed by atoms with Crippen molar-refractivity contribution in [2.24, 2.45) is 0 Å². The molecule has 0 radical (unpaired) electrons. The van der Waals surface area contributed by atoms with E-state index in [1.807, 2.05) is 0 Å². The van der Waals surface area contributed by atoms with Gasteiger partial charge >= 0.3 is 0 Å². The first-order valence-corrected chi connectivity index (χ1v) is 4.58. The van der Waals surface area contributed by atoms with Gasteiger partial charge in [0.15, 0.2) is 0 Å². The molecule has 0 bridgehead atoms. The van der Waals surface area contributed by atoms with E-state index in [1.54, 1.807) is 17.2 Å². The second-order valence-corrected chi connectivity index (χ2v) is 3.54. The van der Waals surface area contributed by atoms with E-state index in [1.165, 1.54) is 0 Å². The highest BCUT2D eigenvalue weighted by molar-refractivity contribution is 5.93. The Morgan fingerprint density at radius 2 is 2.50 bits per heavy atom. The Morgan fingerprint density at radius 3 is 3.00 bits per heavy atom. The first kappa shape index (κ1) is 9.08. The quantitative estimate of drug-likeness (QED) is 0.580. The maximum atomic E-state index is 11.7. The Bertz CT molecular complexity index is 348. The summed E-state index contributed by atoms with van der Waals surface area (Å²) < 4.78 is 0. The average Bonchev–Trinajstić information content (AvgIpc) is 2.73. The molecule has 1 amide bonds. The number of nitrogens with one attached hydrogen (secondary N) is 1. The highest BCUT2D eigenvalue weighted by Gasteiger charge is 2.25. The van der Waals surface area contributed by atoms with Crippen molar-refractivity contribution in [3.8, 4) is 0 Å². The normalized spacial score (nSPS) is 21.5. The molecule has 4 N–H and O–H groups in total. The van der Waals surface area contributed by atoms with E-state index in [0.717, 1.165) is 0 Å². The van der Waals surface area contributed by atoms with Gasteiger partial charge in [-0.3, -0.25) is 4.79 Å². The number of β-amino-alcohol motifs (C(OH)–C–C–N with tert-alkyl or cyclic N) is 1. The van der Waals surface area contributed by atoms with E-state index in [9.17, 15) is 9.90 Å². The molecule has 0 saturated carbocycles. The predicted octanol–water partition coefficient (Wildman–Crippen LogP) is -0.196. The lowest BCUT2D eigenvalue weighted by Gasteiger charge is -2.13. The molecule has 0 aromatic carbocycles. The molecule has 1 fully saturated rings. The summed E-state index contributed by atoms with van der Waals surface area (Å²) in [5.41, 5.74) is 6.52. The van der Waals surface area contributed by atoms with E-state index < -0.39 is 0 Å². The molecule has 1 atom stereocenters. The van der Waals surface area contributed by atoms with Gasteiger partial charge in [0.1, 0.15) is 5.69 Å². The Hall–Kier alpha value is -1.49. The Morgan fingerprint density at radius 1 is 1.71 bits per heavy atom. The van der Waals surface area contributed by atoms with E-state index >= 15 is 0 Å². The van der Waals surface area contributed by atoms with Gasteiger partial charge in [0.25, 0.3) is 5.91 Å². The number of hydrogen-bond acceptors (Lipinski definition) is 3. The lowest BCUT2D eigenvalue weighted by Crippen LogP contribution is -2.29. The highest BCUT2D eigenvalue weighted by atomic mass is 16.3. The fraction of sp³-hybridized carbons (Fsp3) is 0.444. The zero-order valence-corrected chi connectivity index (χ0v) is 7.73. The number of aromatic amines is 1. The SMILES string of the molecule is Nc1c[nH]c(C(=O)N2CCC(O)C2)c1. The number of likely N-dealkylation sites (tertiary alicyclic amines) is 1. The minimum atomic E-state index is -0.383. The minimum Gasteiger partial charge on any atom is -0.397 e. The molecule has 0 aliphatic carbocycles. The smallest absolute Gasteiger partial charge is 0.270 e. The lowest BCUT2D eigenvalue weighted by molar-refractivity contribution is 0.0760. The number of amides is 1. The molecule has 1 saturated heterocycles. The van der Waals surface area contributed by atoms with Gasteiger partial charge in [0.2, 0.25) is 0 Å². The van der Waals surface area contributed by atoms with Crippen molar-refractivity contribution in [3.05, 3.63) is 18.0 Å². The number of aliphatic hydroxyl groups is 1.